The van der Waals surface area contributed by atoms with Crippen molar-refractivity contribution in [3.8, 4) is 11.5 Å². The summed E-state index contributed by atoms with van der Waals surface area (Å²) in [6.45, 7) is 1.70. The van der Waals surface area contributed by atoms with E-state index in [2.05, 4.69) is 0 Å². The largest absolute Gasteiger partial charge is 0.497 e. The molecule has 1 N–H and O–H groups in total. The summed E-state index contributed by atoms with van der Waals surface area (Å²) in [4.78, 5) is 25.8. The maximum atomic E-state index is 13.1. The van der Waals surface area contributed by atoms with Crippen molar-refractivity contribution in [1.29, 1.82) is 0 Å². The van der Waals surface area contributed by atoms with Crippen molar-refractivity contribution in [1.82, 2.24) is 4.90 Å². The van der Waals surface area contributed by atoms with Crippen LogP contribution in [-0.2, 0) is 16.1 Å². The number of carboxylic acids is 1. The topological polar surface area (TPSA) is 76.1 Å². The molecule has 0 aliphatic heterocycles. The molecule has 0 aromatic heterocycles. The molecule has 0 spiro atoms. The molecule has 0 aliphatic carbocycles. The fraction of sp³-hybridized carbons (Fsp3) is 0.333. The van der Waals surface area contributed by atoms with Crippen LogP contribution in [0.15, 0.2) is 48.5 Å². The van der Waals surface area contributed by atoms with Crippen LogP contribution in [0.3, 0.4) is 0 Å². The van der Waals surface area contributed by atoms with Gasteiger partial charge < -0.3 is 19.5 Å². The van der Waals surface area contributed by atoms with Crippen LogP contribution in [0.2, 0.25) is 0 Å². The van der Waals surface area contributed by atoms with E-state index in [9.17, 15) is 14.7 Å². The van der Waals surface area contributed by atoms with Gasteiger partial charge >= 0.3 is 5.97 Å². The molecule has 2 rings (SSSR count). The van der Waals surface area contributed by atoms with E-state index in [4.69, 9.17) is 9.47 Å². The molecule has 27 heavy (non-hydrogen) atoms. The van der Waals surface area contributed by atoms with Gasteiger partial charge in [0.15, 0.2) is 0 Å². The molecule has 1 atom stereocenters. The summed E-state index contributed by atoms with van der Waals surface area (Å²) in [6, 6.07) is 14.7. The molecular formula is C21H25NO5. The van der Waals surface area contributed by atoms with Gasteiger partial charge in [0, 0.05) is 12.6 Å². The highest BCUT2D eigenvalue weighted by Gasteiger charge is 2.26. The first-order chi connectivity index (χ1) is 13.0. The molecule has 144 valence electrons. The van der Waals surface area contributed by atoms with Gasteiger partial charge in [-0.2, -0.15) is 0 Å². The third kappa shape index (κ3) is 5.48. The Morgan fingerprint density at radius 1 is 1.04 bits per heavy atom. The summed E-state index contributed by atoms with van der Waals surface area (Å²) in [5.41, 5.74) is 1.62. The molecular weight excluding hydrogens is 346 g/mol. The molecule has 0 aliphatic rings. The van der Waals surface area contributed by atoms with Crippen LogP contribution in [0.1, 0.15) is 30.4 Å². The Labute approximate surface area is 159 Å². The van der Waals surface area contributed by atoms with Crippen LogP contribution < -0.4 is 9.47 Å². The van der Waals surface area contributed by atoms with Crippen LogP contribution in [0.25, 0.3) is 0 Å². The van der Waals surface area contributed by atoms with Crippen molar-refractivity contribution in [3.05, 3.63) is 59.7 Å². The fourth-order valence-electron chi connectivity index (χ4n) is 3.01. The number of carbonyl (C=O) groups excluding carboxylic acids is 1. The van der Waals surface area contributed by atoms with Crippen LogP contribution in [0.4, 0.5) is 0 Å². The minimum Gasteiger partial charge on any atom is -0.497 e. The molecule has 0 radical (unpaired) electrons. The summed E-state index contributed by atoms with van der Waals surface area (Å²) in [6.07, 6.45) is 0.584. The predicted octanol–water partition coefficient (Wildman–Crippen LogP) is 3.31. The third-order valence-electron chi connectivity index (χ3n) is 4.33. The van der Waals surface area contributed by atoms with Gasteiger partial charge in [0.25, 0.3) is 0 Å². The minimum absolute atomic E-state index is 0.155. The van der Waals surface area contributed by atoms with E-state index in [0.29, 0.717) is 17.9 Å². The molecule has 0 heterocycles. The maximum Gasteiger partial charge on any atom is 0.323 e. The lowest BCUT2D eigenvalue weighted by Gasteiger charge is -2.26. The summed E-state index contributed by atoms with van der Waals surface area (Å²) in [7, 11) is 3.09. The van der Waals surface area contributed by atoms with Crippen molar-refractivity contribution in [2.75, 3.05) is 20.8 Å². The van der Waals surface area contributed by atoms with Gasteiger partial charge in [-0.05, 0) is 29.7 Å². The molecule has 1 unspecified atom stereocenters. The van der Waals surface area contributed by atoms with E-state index in [0.717, 1.165) is 11.1 Å². The number of aliphatic carboxylic acids is 1. The number of amides is 1. The lowest BCUT2D eigenvalue weighted by atomic mass is 9.94. The van der Waals surface area contributed by atoms with Crippen LogP contribution in [0, 0.1) is 0 Å². The highest BCUT2D eigenvalue weighted by Crippen LogP contribution is 2.26. The zero-order valence-corrected chi connectivity index (χ0v) is 15.8. The number of rotatable bonds is 9. The number of ether oxygens (including phenoxy) is 2. The summed E-state index contributed by atoms with van der Waals surface area (Å²) >= 11 is 0. The van der Waals surface area contributed by atoms with Gasteiger partial charge in [0.1, 0.15) is 18.0 Å². The molecule has 0 saturated carbocycles. The Kier molecular flexibility index (Phi) is 7.23. The van der Waals surface area contributed by atoms with Crippen molar-refractivity contribution in [3.63, 3.8) is 0 Å². The molecule has 6 nitrogen and oxygen atoms in total. The number of methoxy groups -OCH3 is 2. The first-order valence-electron chi connectivity index (χ1n) is 8.76. The van der Waals surface area contributed by atoms with E-state index in [1.807, 2.05) is 37.3 Å². The average Bonchev–Trinajstić information content (AvgIpc) is 2.68. The first-order valence-corrected chi connectivity index (χ1v) is 8.76. The van der Waals surface area contributed by atoms with E-state index in [1.165, 1.54) is 4.90 Å². The summed E-state index contributed by atoms with van der Waals surface area (Å²) < 4.78 is 10.5. The lowest BCUT2D eigenvalue weighted by Crippen LogP contribution is -2.38. The maximum absolute atomic E-state index is 13.1. The van der Waals surface area contributed by atoms with Crippen LogP contribution in [-0.4, -0.2) is 42.6 Å². The van der Waals surface area contributed by atoms with Gasteiger partial charge in [0.2, 0.25) is 5.91 Å². The average molecular weight is 371 g/mol. The number of nitrogens with zero attached hydrogens (tertiary/aromatic N) is 1. The molecule has 1 amide bonds. The van der Waals surface area contributed by atoms with Crippen LogP contribution in [0.5, 0.6) is 11.5 Å². The van der Waals surface area contributed by atoms with Crippen molar-refractivity contribution in [2.24, 2.45) is 0 Å². The fourth-order valence-corrected chi connectivity index (χ4v) is 3.01. The number of carboxylic acid groups (broad SMARTS) is 1. The predicted molar refractivity (Wildman–Crippen MR) is 102 cm³/mol. The van der Waals surface area contributed by atoms with E-state index >= 15 is 0 Å². The molecule has 0 fully saturated rings. The van der Waals surface area contributed by atoms with Crippen molar-refractivity contribution < 1.29 is 24.2 Å². The van der Waals surface area contributed by atoms with Gasteiger partial charge in [0.05, 0.1) is 20.1 Å². The van der Waals surface area contributed by atoms with Gasteiger partial charge in [-0.1, -0.05) is 37.3 Å². The second kappa shape index (κ2) is 9.62. The van der Waals surface area contributed by atoms with E-state index in [1.54, 1.807) is 32.4 Å². The second-order valence-electron chi connectivity index (χ2n) is 6.18. The van der Waals surface area contributed by atoms with Crippen molar-refractivity contribution in [2.45, 2.75) is 25.8 Å². The summed E-state index contributed by atoms with van der Waals surface area (Å²) in [5.74, 6) is -0.489. The van der Waals surface area contributed by atoms with E-state index < -0.39 is 11.9 Å². The number of hydrogen-bond acceptors (Lipinski definition) is 4. The third-order valence-corrected chi connectivity index (χ3v) is 4.33. The number of carbonyl (C=O) groups is 2. The zero-order chi connectivity index (χ0) is 19.8. The van der Waals surface area contributed by atoms with Crippen LogP contribution >= 0.6 is 0 Å². The standard InChI is InChI=1S/C21H25NO5/c1-4-19(16-8-6-5-7-9-16)21(25)22(14-20(23)24)13-15-10-17(26-2)12-18(11-15)27-3/h5-12,19H,4,13-14H2,1-3H3,(H,23,24). The number of benzene rings is 2. The summed E-state index contributed by atoms with van der Waals surface area (Å²) in [5, 5.41) is 9.29. The number of hydrogen-bond donors (Lipinski definition) is 1. The Bertz CT molecular complexity index is 753. The van der Waals surface area contributed by atoms with Crippen molar-refractivity contribution >= 4 is 11.9 Å². The molecule has 0 saturated heterocycles. The molecule has 6 heteroatoms. The quantitative estimate of drug-likeness (QED) is 0.732. The molecule has 2 aromatic carbocycles. The minimum atomic E-state index is -1.05. The lowest BCUT2D eigenvalue weighted by molar-refractivity contribution is -0.145. The van der Waals surface area contributed by atoms with Gasteiger partial charge in [-0.15, -0.1) is 0 Å². The first kappa shape index (κ1) is 20.3. The SMILES string of the molecule is CCC(C(=O)N(CC(=O)O)Cc1cc(OC)cc(OC)c1)c1ccccc1. The Morgan fingerprint density at radius 2 is 1.63 bits per heavy atom. The highest BCUT2D eigenvalue weighted by atomic mass is 16.5. The second-order valence-corrected chi connectivity index (χ2v) is 6.18. The zero-order valence-electron chi connectivity index (χ0n) is 15.8. The van der Waals surface area contributed by atoms with Gasteiger partial charge in [-0.3, -0.25) is 9.59 Å². The normalized spacial score (nSPS) is 11.5. The highest BCUT2D eigenvalue weighted by molar-refractivity contribution is 5.86. The molecule has 0 bridgehead atoms. The Morgan fingerprint density at radius 3 is 2.11 bits per heavy atom. The smallest absolute Gasteiger partial charge is 0.323 e. The van der Waals surface area contributed by atoms with E-state index in [-0.39, 0.29) is 19.0 Å². The Hall–Kier alpha value is -3.02. The molecule has 2 aromatic rings. The monoisotopic (exact) mass is 371 g/mol. The van der Waals surface area contributed by atoms with Gasteiger partial charge in [-0.25, -0.2) is 0 Å². The Balaban J connectivity index is 2.31.